The molecule has 1 aliphatic rings. The fourth-order valence-electron chi connectivity index (χ4n) is 1.90. The average molecular weight is 239 g/mol. The first kappa shape index (κ1) is 11.1. The van der Waals surface area contributed by atoms with E-state index < -0.39 is 12.0 Å². The lowest BCUT2D eigenvalue weighted by Gasteiger charge is -2.16. The number of hydrogen-bond donors (Lipinski definition) is 0. The van der Waals surface area contributed by atoms with Crippen LogP contribution in [-0.4, -0.2) is 11.8 Å². The van der Waals surface area contributed by atoms with Crippen LogP contribution in [0.2, 0.25) is 5.02 Å². The summed E-state index contributed by atoms with van der Waals surface area (Å²) in [6, 6.07) is 7.11. The first-order valence-corrected chi connectivity index (χ1v) is 5.41. The molecule has 0 radical (unpaired) electrons. The van der Waals surface area contributed by atoms with E-state index in [1.807, 2.05) is 6.07 Å². The molecule has 1 aromatic rings. The summed E-state index contributed by atoms with van der Waals surface area (Å²) in [6.45, 7) is 1.47. The molecule has 1 aliphatic heterocycles. The second-order valence-electron chi connectivity index (χ2n) is 3.85. The zero-order chi connectivity index (χ0) is 11.7. The van der Waals surface area contributed by atoms with Crippen molar-refractivity contribution in [2.75, 3.05) is 0 Å². The third kappa shape index (κ3) is 1.95. The molecule has 0 aromatic heterocycles. The highest BCUT2D eigenvalue weighted by Gasteiger charge is 2.39. The molecule has 0 spiro atoms. The number of ether oxygens (including phenoxy) is 1. The van der Waals surface area contributed by atoms with E-state index in [9.17, 15) is 9.59 Å². The molecule has 1 fully saturated rings. The fraction of sp³-hybridized carbons (Fsp3) is 0.333. The summed E-state index contributed by atoms with van der Waals surface area (Å²) in [5, 5.41) is 0.522. The summed E-state index contributed by atoms with van der Waals surface area (Å²) < 4.78 is 5.16. The Morgan fingerprint density at radius 3 is 2.75 bits per heavy atom. The standard InChI is InChI=1S/C12H11ClO3/c1-7(14)9-6-11(15)16-12(9)8-4-2-3-5-10(8)13/h2-5,9,12H,6H2,1H3. The molecular weight excluding hydrogens is 228 g/mol. The minimum atomic E-state index is -0.529. The van der Waals surface area contributed by atoms with Crippen molar-refractivity contribution >= 4 is 23.4 Å². The molecule has 16 heavy (non-hydrogen) atoms. The smallest absolute Gasteiger partial charge is 0.307 e. The normalized spacial score (nSPS) is 24.2. The first-order chi connectivity index (χ1) is 7.59. The van der Waals surface area contributed by atoms with Crippen molar-refractivity contribution in [1.82, 2.24) is 0 Å². The van der Waals surface area contributed by atoms with Gasteiger partial charge < -0.3 is 4.74 Å². The lowest BCUT2D eigenvalue weighted by molar-refractivity contribution is -0.141. The van der Waals surface area contributed by atoms with E-state index in [1.165, 1.54) is 6.92 Å². The van der Waals surface area contributed by atoms with Gasteiger partial charge in [0.2, 0.25) is 0 Å². The highest BCUT2D eigenvalue weighted by atomic mass is 35.5. The molecule has 1 saturated heterocycles. The van der Waals surface area contributed by atoms with Crippen LogP contribution in [0.25, 0.3) is 0 Å². The van der Waals surface area contributed by atoms with Gasteiger partial charge in [-0.3, -0.25) is 9.59 Å². The molecule has 0 aliphatic carbocycles. The summed E-state index contributed by atoms with van der Waals surface area (Å²) in [5.41, 5.74) is 0.704. The van der Waals surface area contributed by atoms with E-state index in [0.717, 1.165) is 0 Å². The molecule has 1 aromatic carbocycles. The van der Waals surface area contributed by atoms with Crippen LogP contribution in [0.4, 0.5) is 0 Å². The van der Waals surface area contributed by atoms with Crippen molar-refractivity contribution < 1.29 is 14.3 Å². The zero-order valence-electron chi connectivity index (χ0n) is 8.77. The van der Waals surface area contributed by atoms with E-state index in [4.69, 9.17) is 16.3 Å². The molecule has 2 unspecified atom stereocenters. The van der Waals surface area contributed by atoms with Crippen LogP contribution in [0.3, 0.4) is 0 Å². The average Bonchev–Trinajstić information content (AvgIpc) is 2.61. The van der Waals surface area contributed by atoms with E-state index in [-0.39, 0.29) is 18.2 Å². The second-order valence-corrected chi connectivity index (χ2v) is 4.26. The maximum atomic E-state index is 11.4. The van der Waals surface area contributed by atoms with Crippen molar-refractivity contribution in [3.63, 3.8) is 0 Å². The van der Waals surface area contributed by atoms with Gasteiger partial charge in [-0.2, -0.15) is 0 Å². The van der Waals surface area contributed by atoms with Crippen molar-refractivity contribution in [3.05, 3.63) is 34.9 Å². The Labute approximate surface area is 98.4 Å². The third-order valence-electron chi connectivity index (χ3n) is 2.74. The van der Waals surface area contributed by atoms with Crippen molar-refractivity contribution in [2.45, 2.75) is 19.4 Å². The number of carbonyl (C=O) groups excluding carboxylic acids is 2. The molecule has 0 amide bonds. The Morgan fingerprint density at radius 1 is 1.44 bits per heavy atom. The fourth-order valence-corrected chi connectivity index (χ4v) is 2.14. The predicted octanol–water partition coefficient (Wildman–Crippen LogP) is 2.53. The number of cyclic esters (lactones) is 1. The Hall–Kier alpha value is -1.35. The second kappa shape index (κ2) is 4.26. The molecule has 1 heterocycles. The Bertz CT molecular complexity index is 442. The predicted molar refractivity (Wildman–Crippen MR) is 59.1 cm³/mol. The number of rotatable bonds is 2. The molecule has 4 heteroatoms. The zero-order valence-corrected chi connectivity index (χ0v) is 9.53. The SMILES string of the molecule is CC(=O)C1CC(=O)OC1c1ccccc1Cl. The van der Waals surface area contributed by atoms with Gasteiger partial charge in [0.1, 0.15) is 11.9 Å². The monoisotopic (exact) mass is 238 g/mol. The van der Waals surface area contributed by atoms with Crippen LogP contribution in [0.5, 0.6) is 0 Å². The third-order valence-corrected chi connectivity index (χ3v) is 3.09. The summed E-state index contributed by atoms with van der Waals surface area (Å²) in [5.74, 6) is -0.798. The number of carbonyl (C=O) groups is 2. The number of ketones is 1. The lowest BCUT2D eigenvalue weighted by Crippen LogP contribution is -2.15. The van der Waals surface area contributed by atoms with Gasteiger partial charge in [-0.1, -0.05) is 29.8 Å². The number of halogens is 1. The Kier molecular flexibility index (Phi) is 2.97. The van der Waals surface area contributed by atoms with Gasteiger partial charge in [0.15, 0.2) is 0 Å². The van der Waals surface area contributed by atoms with Crippen LogP contribution in [0, 0.1) is 5.92 Å². The summed E-state index contributed by atoms with van der Waals surface area (Å²) in [4.78, 5) is 22.6. The molecule has 2 atom stereocenters. The van der Waals surface area contributed by atoms with Crippen LogP contribution < -0.4 is 0 Å². The molecular formula is C12H11ClO3. The van der Waals surface area contributed by atoms with Gasteiger partial charge in [0.05, 0.1) is 12.3 Å². The van der Waals surface area contributed by atoms with Gasteiger partial charge in [-0.25, -0.2) is 0 Å². The quantitative estimate of drug-likeness (QED) is 0.744. The molecule has 0 N–H and O–H groups in total. The molecule has 0 saturated carbocycles. The van der Waals surface area contributed by atoms with Gasteiger partial charge in [0.25, 0.3) is 0 Å². The van der Waals surface area contributed by atoms with Crippen molar-refractivity contribution in [2.24, 2.45) is 5.92 Å². The van der Waals surface area contributed by atoms with Gasteiger partial charge in [-0.05, 0) is 13.0 Å². The summed E-state index contributed by atoms with van der Waals surface area (Å²) in [7, 11) is 0. The largest absolute Gasteiger partial charge is 0.457 e. The maximum absolute atomic E-state index is 11.4. The van der Waals surface area contributed by atoms with E-state index in [1.54, 1.807) is 18.2 Å². The van der Waals surface area contributed by atoms with Gasteiger partial charge in [0, 0.05) is 10.6 Å². The molecule has 84 valence electrons. The minimum absolute atomic E-state index is 0.0456. The van der Waals surface area contributed by atoms with Crippen molar-refractivity contribution in [1.29, 1.82) is 0 Å². The first-order valence-electron chi connectivity index (χ1n) is 5.04. The highest BCUT2D eigenvalue weighted by molar-refractivity contribution is 6.31. The van der Waals surface area contributed by atoms with Crippen LogP contribution in [-0.2, 0) is 14.3 Å². The Morgan fingerprint density at radius 2 is 2.12 bits per heavy atom. The van der Waals surface area contributed by atoms with Crippen LogP contribution in [0.1, 0.15) is 25.0 Å². The van der Waals surface area contributed by atoms with Gasteiger partial charge in [-0.15, -0.1) is 0 Å². The summed E-state index contributed by atoms with van der Waals surface area (Å²) in [6.07, 6.45) is -0.385. The molecule has 3 nitrogen and oxygen atoms in total. The summed E-state index contributed by atoms with van der Waals surface area (Å²) >= 11 is 6.02. The molecule has 0 bridgehead atoms. The van der Waals surface area contributed by atoms with Crippen molar-refractivity contribution in [3.8, 4) is 0 Å². The molecule has 2 rings (SSSR count). The van der Waals surface area contributed by atoms with Crippen LogP contribution >= 0.6 is 11.6 Å². The minimum Gasteiger partial charge on any atom is -0.457 e. The van der Waals surface area contributed by atoms with Gasteiger partial charge >= 0.3 is 5.97 Å². The number of benzene rings is 1. The van der Waals surface area contributed by atoms with E-state index >= 15 is 0 Å². The van der Waals surface area contributed by atoms with E-state index in [2.05, 4.69) is 0 Å². The number of Topliss-reactive ketones (excluding diaryl/α,β-unsaturated/α-hetero) is 1. The number of hydrogen-bond acceptors (Lipinski definition) is 3. The lowest BCUT2D eigenvalue weighted by atomic mass is 9.92. The topological polar surface area (TPSA) is 43.4 Å². The highest BCUT2D eigenvalue weighted by Crippen LogP contribution is 2.38. The Balaban J connectivity index is 2.36. The van der Waals surface area contributed by atoms with E-state index in [0.29, 0.717) is 10.6 Å². The maximum Gasteiger partial charge on any atom is 0.307 e. The van der Waals surface area contributed by atoms with Crippen LogP contribution in [0.15, 0.2) is 24.3 Å². The number of esters is 1.